The van der Waals surface area contributed by atoms with Crippen LogP contribution < -0.4 is 5.32 Å². The van der Waals surface area contributed by atoms with Crippen molar-refractivity contribution in [2.24, 2.45) is 5.41 Å². The van der Waals surface area contributed by atoms with Gasteiger partial charge in [0.2, 0.25) is 0 Å². The van der Waals surface area contributed by atoms with Crippen LogP contribution in [0.5, 0.6) is 0 Å². The van der Waals surface area contributed by atoms with E-state index in [1.54, 1.807) is 12.1 Å². The second kappa shape index (κ2) is 4.94. The lowest BCUT2D eigenvalue weighted by molar-refractivity contribution is 0.0690. The van der Waals surface area contributed by atoms with E-state index in [9.17, 15) is 4.79 Å². The van der Waals surface area contributed by atoms with Gasteiger partial charge in [-0.15, -0.1) is 0 Å². The van der Waals surface area contributed by atoms with Gasteiger partial charge in [-0.2, -0.15) is 0 Å². The number of carboxylic acid groups (broad SMARTS) is 1. The van der Waals surface area contributed by atoms with E-state index in [0.717, 1.165) is 0 Å². The number of anilines is 1. The Bertz CT molecular complexity index is 377. The predicted molar refractivity (Wildman–Crippen MR) is 60.6 cm³/mol. The smallest absolute Gasteiger partial charge is 0.354 e. The van der Waals surface area contributed by atoms with Crippen LogP contribution in [0.3, 0.4) is 0 Å². The normalized spacial score (nSPS) is 11.2. The maximum absolute atomic E-state index is 10.7. The summed E-state index contributed by atoms with van der Waals surface area (Å²) in [7, 11) is 0. The zero-order chi connectivity index (χ0) is 12.2. The third kappa shape index (κ3) is 3.51. The van der Waals surface area contributed by atoms with Crippen LogP contribution in [0.25, 0.3) is 0 Å². The molecule has 0 radical (unpaired) electrons. The standard InChI is InChI=1S/C11H16N2O3/c1-11(2,7-14)6-12-9-5-3-4-8(13-9)10(15)16/h3-5,14H,6-7H2,1-2H3,(H,12,13)(H,15,16). The second-order valence-electron chi connectivity index (χ2n) is 4.39. The van der Waals surface area contributed by atoms with Crippen LogP contribution in [0.1, 0.15) is 24.3 Å². The molecular formula is C11H16N2O3. The van der Waals surface area contributed by atoms with Crippen LogP contribution >= 0.6 is 0 Å². The first-order valence-electron chi connectivity index (χ1n) is 5.00. The van der Waals surface area contributed by atoms with Crippen LogP contribution in [-0.2, 0) is 0 Å². The van der Waals surface area contributed by atoms with E-state index in [4.69, 9.17) is 10.2 Å². The highest BCUT2D eigenvalue weighted by molar-refractivity contribution is 5.85. The number of hydrogen-bond donors (Lipinski definition) is 3. The fraction of sp³-hybridized carbons (Fsp3) is 0.455. The van der Waals surface area contributed by atoms with E-state index >= 15 is 0 Å². The molecule has 88 valence electrons. The highest BCUT2D eigenvalue weighted by atomic mass is 16.4. The Hall–Kier alpha value is -1.62. The largest absolute Gasteiger partial charge is 0.477 e. The Morgan fingerprint density at radius 3 is 2.75 bits per heavy atom. The third-order valence-corrected chi connectivity index (χ3v) is 2.14. The highest BCUT2D eigenvalue weighted by Gasteiger charge is 2.16. The Balaban J connectivity index is 2.68. The van der Waals surface area contributed by atoms with Crippen LogP contribution in [0.15, 0.2) is 18.2 Å². The number of pyridine rings is 1. The molecule has 1 aromatic rings. The molecule has 0 saturated heterocycles. The SMILES string of the molecule is CC(C)(CO)CNc1cccc(C(=O)O)n1. The topological polar surface area (TPSA) is 82.5 Å². The quantitative estimate of drug-likeness (QED) is 0.700. The number of carboxylic acids is 1. The number of nitrogens with one attached hydrogen (secondary N) is 1. The van der Waals surface area contributed by atoms with Gasteiger partial charge >= 0.3 is 5.97 Å². The molecule has 5 heteroatoms. The minimum Gasteiger partial charge on any atom is -0.477 e. The third-order valence-electron chi connectivity index (χ3n) is 2.14. The van der Waals surface area contributed by atoms with Crippen molar-refractivity contribution >= 4 is 11.8 Å². The van der Waals surface area contributed by atoms with Gasteiger partial charge in [0, 0.05) is 18.6 Å². The summed E-state index contributed by atoms with van der Waals surface area (Å²) < 4.78 is 0. The van der Waals surface area contributed by atoms with E-state index in [0.29, 0.717) is 12.4 Å². The van der Waals surface area contributed by atoms with E-state index < -0.39 is 5.97 Å². The Labute approximate surface area is 94.1 Å². The monoisotopic (exact) mass is 224 g/mol. The van der Waals surface area contributed by atoms with Crippen LogP contribution in [0, 0.1) is 5.41 Å². The van der Waals surface area contributed by atoms with Crippen molar-refractivity contribution in [3.63, 3.8) is 0 Å². The summed E-state index contributed by atoms with van der Waals surface area (Å²) in [5.74, 6) is -0.550. The van der Waals surface area contributed by atoms with Crippen molar-refractivity contribution < 1.29 is 15.0 Å². The van der Waals surface area contributed by atoms with Crippen LogP contribution in [0.2, 0.25) is 0 Å². The molecular weight excluding hydrogens is 208 g/mol. The Morgan fingerprint density at radius 2 is 2.19 bits per heavy atom. The number of aliphatic hydroxyl groups is 1. The summed E-state index contributed by atoms with van der Waals surface area (Å²) in [6.45, 7) is 4.39. The van der Waals surface area contributed by atoms with E-state index in [1.807, 2.05) is 13.8 Å². The highest BCUT2D eigenvalue weighted by Crippen LogP contribution is 2.14. The van der Waals surface area contributed by atoms with Gasteiger partial charge in [0.05, 0.1) is 0 Å². The van der Waals surface area contributed by atoms with Gasteiger partial charge in [-0.25, -0.2) is 9.78 Å². The number of nitrogens with zero attached hydrogens (tertiary/aromatic N) is 1. The van der Waals surface area contributed by atoms with Crippen molar-refractivity contribution in [3.8, 4) is 0 Å². The summed E-state index contributed by atoms with van der Waals surface area (Å²) in [6, 6.07) is 4.76. The summed E-state index contributed by atoms with van der Waals surface area (Å²) in [5, 5.41) is 20.8. The number of aromatic carboxylic acids is 1. The van der Waals surface area contributed by atoms with E-state index in [-0.39, 0.29) is 17.7 Å². The molecule has 0 aliphatic heterocycles. The predicted octanol–water partition coefficient (Wildman–Crippen LogP) is 1.21. The average Bonchev–Trinajstić information content (AvgIpc) is 2.27. The number of carbonyl (C=O) groups is 1. The summed E-state index contributed by atoms with van der Waals surface area (Å²) in [4.78, 5) is 14.6. The first-order chi connectivity index (χ1) is 7.44. The van der Waals surface area contributed by atoms with Crippen LogP contribution in [-0.4, -0.2) is 34.3 Å². The van der Waals surface area contributed by atoms with Crippen molar-refractivity contribution in [1.29, 1.82) is 0 Å². The minimum atomic E-state index is -1.05. The maximum Gasteiger partial charge on any atom is 0.354 e. The number of aliphatic hydroxyl groups excluding tert-OH is 1. The van der Waals surface area contributed by atoms with E-state index in [2.05, 4.69) is 10.3 Å². The average molecular weight is 224 g/mol. The van der Waals surface area contributed by atoms with Gasteiger partial charge in [-0.3, -0.25) is 0 Å². The molecule has 0 atom stereocenters. The maximum atomic E-state index is 10.7. The lowest BCUT2D eigenvalue weighted by Crippen LogP contribution is -2.27. The molecule has 5 nitrogen and oxygen atoms in total. The summed E-state index contributed by atoms with van der Waals surface area (Å²) in [6.07, 6.45) is 0. The fourth-order valence-corrected chi connectivity index (χ4v) is 1.04. The summed E-state index contributed by atoms with van der Waals surface area (Å²) >= 11 is 0. The lowest BCUT2D eigenvalue weighted by Gasteiger charge is -2.22. The molecule has 0 unspecified atom stereocenters. The first kappa shape index (κ1) is 12.4. The zero-order valence-corrected chi connectivity index (χ0v) is 9.40. The van der Waals surface area contributed by atoms with Crippen molar-refractivity contribution in [2.75, 3.05) is 18.5 Å². The van der Waals surface area contributed by atoms with Gasteiger partial charge in [0.15, 0.2) is 5.69 Å². The second-order valence-corrected chi connectivity index (χ2v) is 4.39. The molecule has 1 rings (SSSR count). The Morgan fingerprint density at radius 1 is 1.50 bits per heavy atom. The van der Waals surface area contributed by atoms with Gasteiger partial charge < -0.3 is 15.5 Å². The fourth-order valence-electron chi connectivity index (χ4n) is 1.04. The molecule has 1 aromatic heterocycles. The molecule has 3 N–H and O–H groups in total. The van der Waals surface area contributed by atoms with Crippen molar-refractivity contribution in [3.05, 3.63) is 23.9 Å². The van der Waals surface area contributed by atoms with Crippen LogP contribution in [0.4, 0.5) is 5.82 Å². The molecule has 1 heterocycles. The van der Waals surface area contributed by atoms with Crippen molar-refractivity contribution in [1.82, 2.24) is 4.98 Å². The molecule has 0 fully saturated rings. The van der Waals surface area contributed by atoms with Crippen molar-refractivity contribution in [2.45, 2.75) is 13.8 Å². The van der Waals surface area contributed by atoms with Gasteiger partial charge in [0.25, 0.3) is 0 Å². The van der Waals surface area contributed by atoms with E-state index in [1.165, 1.54) is 6.07 Å². The molecule has 0 aromatic carbocycles. The molecule has 0 spiro atoms. The Kier molecular flexibility index (Phi) is 3.84. The molecule has 16 heavy (non-hydrogen) atoms. The van der Waals surface area contributed by atoms with Gasteiger partial charge in [-0.05, 0) is 12.1 Å². The molecule has 0 saturated carbocycles. The number of rotatable bonds is 5. The minimum absolute atomic E-state index is 0.00630. The molecule has 0 amide bonds. The lowest BCUT2D eigenvalue weighted by atomic mass is 9.95. The van der Waals surface area contributed by atoms with Gasteiger partial charge in [0.1, 0.15) is 5.82 Å². The van der Waals surface area contributed by atoms with Gasteiger partial charge in [-0.1, -0.05) is 19.9 Å². The first-order valence-corrected chi connectivity index (χ1v) is 5.00. The zero-order valence-electron chi connectivity index (χ0n) is 9.40. The molecule has 0 bridgehead atoms. The summed E-state index contributed by atoms with van der Waals surface area (Å²) in [5.41, 5.74) is -0.257. The number of hydrogen-bond acceptors (Lipinski definition) is 4. The number of aromatic nitrogens is 1. The molecule has 0 aliphatic rings. The molecule has 0 aliphatic carbocycles.